The fraction of sp³-hybridized carbons (Fsp3) is 0.500. The molecule has 8 nitrogen and oxygen atoms in total. The molecule has 0 spiro atoms. The van der Waals surface area contributed by atoms with Crippen molar-refractivity contribution in [3.05, 3.63) is 17.9 Å². The number of sulfonamides is 1. The lowest BCUT2D eigenvalue weighted by Crippen LogP contribution is -2.43. The summed E-state index contributed by atoms with van der Waals surface area (Å²) in [5.74, 6) is -1.92. The van der Waals surface area contributed by atoms with Crippen molar-refractivity contribution in [1.29, 1.82) is 0 Å². The Morgan fingerprint density at radius 2 is 1.85 bits per heavy atom. The van der Waals surface area contributed by atoms with Crippen LogP contribution in [0.5, 0.6) is 0 Å². The van der Waals surface area contributed by atoms with Crippen molar-refractivity contribution in [3.8, 4) is 0 Å². The van der Waals surface area contributed by atoms with Gasteiger partial charge in [0.25, 0.3) is 10.0 Å². The normalized spacial score (nSPS) is 13.3. The Bertz CT molecular complexity index is 713. The summed E-state index contributed by atoms with van der Waals surface area (Å²) in [4.78, 5) is 10.6. The molecular weight excluding hydrogens is 310 g/mol. The predicted molar refractivity (Wildman–Crippen MR) is 69.8 cm³/mol. The van der Waals surface area contributed by atoms with Crippen LogP contribution in [0, 0.1) is 0 Å². The van der Waals surface area contributed by atoms with Crippen molar-refractivity contribution in [2.24, 2.45) is 0 Å². The second kappa shape index (κ2) is 5.19. The van der Waals surface area contributed by atoms with E-state index in [9.17, 15) is 21.6 Å². The maximum absolute atomic E-state index is 11.8. The molecule has 0 aliphatic carbocycles. The number of furan rings is 1. The summed E-state index contributed by atoms with van der Waals surface area (Å²) >= 11 is 0. The Balaban J connectivity index is 2.94. The van der Waals surface area contributed by atoms with Crippen LogP contribution < -0.4 is 4.72 Å². The number of hydrogen-bond acceptors (Lipinski definition) is 6. The third kappa shape index (κ3) is 3.58. The van der Waals surface area contributed by atoms with Crippen LogP contribution in [0.4, 0.5) is 0 Å². The molecule has 0 radical (unpaired) electrons. The van der Waals surface area contributed by atoms with Crippen molar-refractivity contribution in [2.45, 2.75) is 23.7 Å². The minimum atomic E-state index is -4.11. The second-order valence-corrected chi connectivity index (χ2v) is 9.13. The van der Waals surface area contributed by atoms with Crippen LogP contribution in [0.25, 0.3) is 0 Å². The molecule has 0 bridgehead atoms. The van der Waals surface area contributed by atoms with Gasteiger partial charge in [0.1, 0.15) is 0 Å². The number of carboxylic acids is 1. The number of rotatable bonds is 6. The lowest BCUT2D eigenvalue weighted by molar-refractivity contribution is 0.0656. The molecular formula is C10H15NO7S2. The fourth-order valence-corrected chi connectivity index (χ4v) is 2.62. The maximum atomic E-state index is 11.8. The molecule has 1 rings (SSSR count). The highest BCUT2D eigenvalue weighted by Gasteiger charge is 2.32. The summed E-state index contributed by atoms with van der Waals surface area (Å²) in [6.07, 6.45) is 0.997. The van der Waals surface area contributed by atoms with Crippen molar-refractivity contribution < 1.29 is 31.2 Å². The molecule has 0 amide bonds. The molecule has 0 atom stereocenters. The van der Waals surface area contributed by atoms with Crippen LogP contribution in [0.15, 0.2) is 21.6 Å². The Kier molecular flexibility index (Phi) is 4.32. The highest BCUT2D eigenvalue weighted by Crippen LogP contribution is 2.17. The average molecular weight is 325 g/mol. The Morgan fingerprint density at radius 1 is 1.30 bits per heavy atom. The summed E-state index contributed by atoms with van der Waals surface area (Å²) in [6.45, 7) is 2.38. The van der Waals surface area contributed by atoms with Gasteiger partial charge in [-0.25, -0.2) is 26.4 Å². The molecule has 0 saturated heterocycles. The Labute approximate surface area is 116 Å². The average Bonchev–Trinajstić information content (AvgIpc) is 2.75. The van der Waals surface area contributed by atoms with E-state index in [0.29, 0.717) is 0 Å². The van der Waals surface area contributed by atoms with Gasteiger partial charge < -0.3 is 9.52 Å². The summed E-state index contributed by atoms with van der Waals surface area (Å²) in [5.41, 5.74) is 0. The molecule has 0 saturated carbocycles. The summed E-state index contributed by atoms with van der Waals surface area (Å²) < 4.78 is 52.1. The fourth-order valence-electron chi connectivity index (χ4n) is 1.05. The van der Waals surface area contributed by atoms with E-state index in [1.165, 1.54) is 13.8 Å². The van der Waals surface area contributed by atoms with Crippen molar-refractivity contribution >= 4 is 25.8 Å². The minimum Gasteiger partial charge on any atom is -0.475 e. The largest absolute Gasteiger partial charge is 0.475 e. The molecule has 1 aromatic rings. The number of sulfone groups is 1. The molecule has 1 aromatic heterocycles. The van der Waals surface area contributed by atoms with Crippen LogP contribution in [0.1, 0.15) is 24.4 Å². The first-order valence-electron chi connectivity index (χ1n) is 5.39. The lowest BCUT2D eigenvalue weighted by Gasteiger charge is -2.22. The van der Waals surface area contributed by atoms with Gasteiger partial charge in [-0.3, -0.25) is 0 Å². The predicted octanol–water partition coefficient (Wildman–Crippen LogP) is 0.0793. The van der Waals surface area contributed by atoms with E-state index in [2.05, 4.69) is 9.14 Å². The van der Waals surface area contributed by atoms with E-state index in [4.69, 9.17) is 5.11 Å². The van der Waals surface area contributed by atoms with Crippen molar-refractivity contribution in [2.75, 3.05) is 12.8 Å². The molecule has 1 heterocycles. The molecule has 20 heavy (non-hydrogen) atoms. The van der Waals surface area contributed by atoms with E-state index in [1.807, 2.05) is 0 Å². The Morgan fingerprint density at radius 3 is 2.25 bits per heavy atom. The number of carbonyl (C=O) groups is 1. The second-order valence-electron chi connectivity index (χ2n) is 4.78. The topological polar surface area (TPSA) is 131 Å². The first kappa shape index (κ1) is 16.7. The highest BCUT2D eigenvalue weighted by molar-refractivity contribution is 7.92. The monoisotopic (exact) mass is 325 g/mol. The summed E-state index contributed by atoms with van der Waals surface area (Å²) in [6, 6.07) is 1.98. The van der Waals surface area contributed by atoms with Crippen LogP contribution in [-0.4, -0.2) is 45.5 Å². The quantitative estimate of drug-likeness (QED) is 0.757. The smallest absolute Gasteiger partial charge is 0.371 e. The summed E-state index contributed by atoms with van der Waals surface area (Å²) in [5, 5.41) is 8.06. The third-order valence-corrected chi connectivity index (χ3v) is 6.17. The maximum Gasteiger partial charge on any atom is 0.371 e. The van der Waals surface area contributed by atoms with Gasteiger partial charge in [0.05, 0.1) is 4.75 Å². The SMILES string of the molecule is CC(C)(CNS(=O)(=O)c1ccc(C(=O)O)o1)S(C)(=O)=O. The molecule has 0 fully saturated rings. The standard InChI is InChI=1S/C10H15NO7S2/c1-10(2,19(3,14)15)6-11-20(16,17)8-5-4-7(18-8)9(12)13/h4-5,11H,6H2,1-3H3,(H,12,13). The summed E-state index contributed by atoms with van der Waals surface area (Å²) in [7, 11) is -7.58. The van der Waals surface area contributed by atoms with Gasteiger partial charge in [0, 0.05) is 12.8 Å². The molecule has 0 unspecified atom stereocenters. The number of nitrogens with one attached hydrogen (secondary N) is 1. The van der Waals surface area contributed by atoms with Gasteiger partial charge in [0.15, 0.2) is 9.84 Å². The molecule has 114 valence electrons. The van der Waals surface area contributed by atoms with Crippen LogP contribution >= 0.6 is 0 Å². The minimum absolute atomic E-state index is 0.364. The van der Waals surface area contributed by atoms with E-state index < -0.39 is 41.4 Å². The van der Waals surface area contributed by atoms with Gasteiger partial charge in [0.2, 0.25) is 10.9 Å². The Hall–Kier alpha value is -1.39. The zero-order valence-electron chi connectivity index (χ0n) is 11.1. The number of aromatic carboxylic acids is 1. The van der Waals surface area contributed by atoms with E-state index in [0.717, 1.165) is 18.4 Å². The van der Waals surface area contributed by atoms with Gasteiger partial charge in [-0.05, 0) is 26.0 Å². The molecule has 0 aliphatic heterocycles. The van der Waals surface area contributed by atoms with Crippen LogP contribution in [-0.2, 0) is 19.9 Å². The van der Waals surface area contributed by atoms with Crippen LogP contribution in [0.2, 0.25) is 0 Å². The number of hydrogen-bond donors (Lipinski definition) is 2. The number of carboxylic acid groups (broad SMARTS) is 1. The third-order valence-electron chi connectivity index (χ3n) is 2.75. The molecule has 0 aliphatic rings. The van der Waals surface area contributed by atoms with Crippen molar-refractivity contribution in [1.82, 2.24) is 4.72 Å². The molecule has 10 heteroatoms. The van der Waals surface area contributed by atoms with E-state index in [1.54, 1.807) is 0 Å². The first-order valence-corrected chi connectivity index (χ1v) is 8.77. The first-order chi connectivity index (χ1) is 8.87. The highest BCUT2D eigenvalue weighted by atomic mass is 32.2. The zero-order chi connectivity index (χ0) is 15.8. The molecule has 2 N–H and O–H groups in total. The van der Waals surface area contributed by atoms with E-state index in [-0.39, 0.29) is 6.54 Å². The van der Waals surface area contributed by atoms with Gasteiger partial charge in [-0.15, -0.1) is 0 Å². The lowest BCUT2D eigenvalue weighted by atomic mass is 10.2. The van der Waals surface area contributed by atoms with E-state index >= 15 is 0 Å². The van der Waals surface area contributed by atoms with Gasteiger partial charge in [-0.1, -0.05) is 0 Å². The van der Waals surface area contributed by atoms with Crippen molar-refractivity contribution in [3.63, 3.8) is 0 Å². The zero-order valence-corrected chi connectivity index (χ0v) is 12.7. The molecule has 0 aromatic carbocycles. The van der Waals surface area contributed by atoms with Gasteiger partial charge >= 0.3 is 5.97 Å². The van der Waals surface area contributed by atoms with Crippen LogP contribution in [0.3, 0.4) is 0 Å². The van der Waals surface area contributed by atoms with Gasteiger partial charge in [-0.2, -0.15) is 0 Å².